The number of benzene rings is 3. The number of aryl methyl sites for hydroxylation is 1. The summed E-state index contributed by atoms with van der Waals surface area (Å²) in [7, 11) is 2.85. The van der Waals surface area contributed by atoms with E-state index in [1.165, 1.54) is 69.6 Å². The van der Waals surface area contributed by atoms with E-state index >= 15 is 0 Å². The molecule has 10 atom stereocenters. The summed E-state index contributed by atoms with van der Waals surface area (Å²) in [5.74, 6) is -2.57. The van der Waals surface area contributed by atoms with E-state index in [2.05, 4.69) is 54.5 Å². The fraction of sp³-hybridized carbons (Fsp3) is 0.400. The van der Waals surface area contributed by atoms with E-state index in [-0.39, 0.29) is 64.4 Å². The molecule has 1 amide bonds. The van der Waals surface area contributed by atoms with Gasteiger partial charge in [0.15, 0.2) is 11.7 Å². The van der Waals surface area contributed by atoms with Gasteiger partial charge in [0.05, 0.1) is 17.7 Å². The van der Waals surface area contributed by atoms with Crippen LogP contribution in [0.1, 0.15) is 42.5 Å². The predicted molar refractivity (Wildman–Crippen MR) is 236 cm³/mol. The molecule has 3 aromatic rings. The lowest BCUT2D eigenvalue weighted by molar-refractivity contribution is -0.342. The van der Waals surface area contributed by atoms with Gasteiger partial charge in [-0.3, -0.25) is 15.1 Å². The molecule has 15 nitrogen and oxygen atoms in total. The van der Waals surface area contributed by atoms with Crippen molar-refractivity contribution in [3.05, 3.63) is 107 Å². The van der Waals surface area contributed by atoms with Crippen LogP contribution in [0, 0.1) is 17.8 Å². The maximum atomic E-state index is 12.7. The fourth-order valence-corrected chi connectivity index (χ4v) is 10.5. The Hall–Kier alpha value is -4.85. The molecule has 2 fully saturated rings. The Morgan fingerprint density at radius 2 is 1.87 bits per heavy atom. The highest BCUT2D eigenvalue weighted by atomic mass is 33.1. The molecule has 0 saturated carbocycles. The van der Waals surface area contributed by atoms with Gasteiger partial charge in [-0.25, -0.2) is 4.79 Å². The maximum Gasteiger partial charge on any atom is 0.335 e. The number of primary amides is 1. The second-order valence-electron chi connectivity index (χ2n) is 15.6. The van der Waals surface area contributed by atoms with Crippen LogP contribution in [0.3, 0.4) is 0 Å². The van der Waals surface area contributed by atoms with E-state index in [0.29, 0.717) is 24.3 Å². The molecule has 330 valence electrons. The Bertz CT molecular complexity index is 2230. The number of carboxylic acid groups (broad SMARTS) is 1. The number of aliphatic imine (C=N–C) groups is 1. The van der Waals surface area contributed by atoms with Gasteiger partial charge in [-0.1, -0.05) is 90.1 Å². The van der Waals surface area contributed by atoms with E-state index in [1.54, 1.807) is 0 Å². The lowest BCUT2D eigenvalue weighted by Crippen LogP contribution is -2.75. The predicted octanol–water partition coefficient (Wildman–Crippen LogP) is 4.54. The van der Waals surface area contributed by atoms with Crippen LogP contribution in [0.15, 0.2) is 89.4 Å². The number of nitrogens with one attached hydrogen (secondary N) is 1. The zero-order valence-electron chi connectivity index (χ0n) is 34.1. The highest BCUT2D eigenvalue weighted by molar-refractivity contribution is 8.76. The number of ether oxygens (including phenoxy) is 4. The number of nitrogens with two attached hydrogens (primary N) is 1. The average molecular weight is 890 g/mol. The van der Waals surface area contributed by atoms with Crippen molar-refractivity contribution in [2.45, 2.75) is 69.2 Å². The zero-order valence-corrected chi connectivity index (χ0v) is 35.7. The number of allylic oxidation sites excluding steroid dienone is 2. The van der Waals surface area contributed by atoms with Gasteiger partial charge < -0.3 is 55.3 Å². The van der Waals surface area contributed by atoms with Crippen LogP contribution in [0.2, 0.25) is 0 Å². The van der Waals surface area contributed by atoms with Crippen molar-refractivity contribution in [1.29, 1.82) is 0 Å². The number of rotatable bonds is 11. The molecule has 2 saturated heterocycles. The van der Waals surface area contributed by atoms with Crippen molar-refractivity contribution in [1.82, 2.24) is 5.32 Å². The molecule has 1 unspecified atom stereocenters. The SMILES string of the molecule is CCc1ccccc1/C=C/C[C@H](C)[C@H]1CN[C@@H](O)[C@]2(O)[C@H](Oc3ccc4c(c3)OC(C(N)=O)C(c3ccc(O)cc3)=C4O)O[C@H](C(=O)O)[C@@H](O)[C@@H]2OCSSC[C@H]1C1=CCN=C1. The molecule has 3 aromatic carbocycles. The van der Waals surface area contributed by atoms with Crippen molar-refractivity contribution in [2.24, 2.45) is 28.5 Å². The Kier molecular flexibility index (Phi) is 14.3. The molecule has 0 bridgehead atoms. The normalized spacial score (nSPS) is 29.7. The summed E-state index contributed by atoms with van der Waals surface area (Å²) in [6, 6.07) is 18.0. The Morgan fingerprint density at radius 3 is 2.58 bits per heavy atom. The number of hydrogen-bond donors (Lipinski definition) is 8. The third-order valence-electron chi connectivity index (χ3n) is 11.8. The summed E-state index contributed by atoms with van der Waals surface area (Å²) in [5, 5.41) is 70.6. The first kappa shape index (κ1) is 45.2. The molecular formula is C45H51N3O12S2. The number of aliphatic hydroxyl groups is 4. The monoisotopic (exact) mass is 889 g/mol. The molecular weight excluding hydrogens is 839 g/mol. The summed E-state index contributed by atoms with van der Waals surface area (Å²) in [6.45, 7) is 4.98. The summed E-state index contributed by atoms with van der Waals surface area (Å²) >= 11 is 0. The van der Waals surface area contributed by atoms with Crippen LogP contribution >= 0.6 is 21.6 Å². The van der Waals surface area contributed by atoms with Gasteiger partial charge in [0.2, 0.25) is 12.4 Å². The van der Waals surface area contributed by atoms with Crippen LogP contribution in [-0.4, -0.2) is 116 Å². The number of phenols is 1. The maximum absolute atomic E-state index is 12.7. The summed E-state index contributed by atoms with van der Waals surface area (Å²) in [5.41, 5.74) is 7.08. The quantitative estimate of drug-likeness (QED) is 0.123. The Morgan fingerprint density at radius 1 is 1.10 bits per heavy atom. The molecule has 17 heteroatoms. The second-order valence-corrected chi connectivity index (χ2v) is 18.1. The van der Waals surface area contributed by atoms with Gasteiger partial charge in [-0.15, -0.1) is 0 Å². The number of hydrogen-bond acceptors (Lipinski definition) is 15. The third-order valence-corrected chi connectivity index (χ3v) is 13.9. The van der Waals surface area contributed by atoms with Crippen LogP contribution in [-0.2, 0) is 25.5 Å². The van der Waals surface area contributed by atoms with Crippen LogP contribution < -0.4 is 20.5 Å². The van der Waals surface area contributed by atoms with Crippen molar-refractivity contribution in [3.8, 4) is 17.2 Å². The van der Waals surface area contributed by atoms with E-state index in [4.69, 9.17) is 24.7 Å². The molecule has 4 heterocycles. The number of fused-ring (bicyclic) bond motifs is 2. The minimum atomic E-state index is -2.64. The molecule has 0 aliphatic carbocycles. The highest BCUT2D eigenvalue weighted by Crippen LogP contribution is 2.44. The fourth-order valence-electron chi connectivity index (χ4n) is 8.40. The molecule has 62 heavy (non-hydrogen) atoms. The van der Waals surface area contributed by atoms with Gasteiger partial charge in [0.25, 0.3) is 5.91 Å². The minimum Gasteiger partial charge on any atom is -0.508 e. The number of phenolic OH excluding ortho intramolecular Hbond substituents is 1. The van der Waals surface area contributed by atoms with E-state index in [1.807, 2.05) is 18.3 Å². The lowest BCUT2D eigenvalue weighted by atomic mass is 9.77. The van der Waals surface area contributed by atoms with Gasteiger partial charge in [0, 0.05) is 24.6 Å². The van der Waals surface area contributed by atoms with Crippen molar-refractivity contribution in [2.75, 3.05) is 24.8 Å². The van der Waals surface area contributed by atoms with Crippen LogP contribution in [0.25, 0.3) is 17.4 Å². The van der Waals surface area contributed by atoms with Crippen molar-refractivity contribution >= 4 is 57.1 Å². The molecule has 7 rings (SSSR count). The van der Waals surface area contributed by atoms with Gasteiger partial charge in [-0.05, 0) is 77.1 Å². The number of carboxylic acids is 1. The number of aliphatic hydroxyl groups excluding tert-OH is 3. The Labute approximate surface area is 366 Å². The van der Waals surface area contributed by atoms with Gasteiger partial charge in [0.1, 0.15) is 47.4 Å². The lowest BCUT2D eigenvalue weighted by Gasteiger charge is -2.50. The molecule has 0 spiro atoms. The third kappa shape index (κ3) is 9.40. The highest BCUT2D eigenvalue weighted by Gasteiger charge is 2.63. The molecule has 0 aromatic heterocycles. The first-order chi connectivity index (χ1) is 29.8. The number of aliphatic carboxylic acids is 1. The summed E-state index contributed by atoms with van der Waals surface area (Å²) in [4.78, 5) is 29.6. The summed E-state index contributed by atoms with van der Waals surface area (Å²) in [6.07, 6.45) is -1.19. The number of amides is 1. The van der Waals surface area contributed by atoms with Crippen molar-refractivity contribution < 1.29 is 59.2 Å². The standard InChI is InChI=1S/C45H51N3O12S2/c1-3-25-8-4-5-9-26(25)10-6-7-24(2)32-21-48-43(55)45(56)40(57-23-62-61-22-33(32)28-17-18-47-20-28)37(51)39(42(53)54)60-44(45)58-30-15-16-31-34(19-30)59-38(41(46)52)35(36(31)50)27-11-13-29(49)14-12-27/h4-6,8-17,19-20,24,32-33,37-40,43-44,48-51,55-56H,3,7,18,21-23H2,1-2H3,(H2,46,52)(H,53,54)/b10-6+/t24-,32+,33-,37+,38?,39-,40-,43-,44+,45-/m0/s1. The van der Waals surface area contributed by atoms with Crippen LogP contribution in [0.4, 0.5) is 0 Å². The molecule has 9 N–H and O–H groups in total. The first-order valence-corrected chi connectivity index (χ1v) is 22.8. The molecule has 4 aliphatic heterocycles. The zero-order chi connectivity index (χ0) is 44.1. The molecule has 4 aliphatic rings. The van der Waals surface area contributed by atoms with E-state index in [9.17, 15) is 40.2 Å². The van der Waals surface area contributed by atoms with E-state index in [0.717, 1.165) is 17.6 Å². The first-order valence-electron chi connectivity index (χ1n) is 20.3. The van der Waals surface area contributed by atoms with Crippen molar-refractivity contribution in [3.63, 3.8) is 0 Å². The topological polar surface area (TPSA) is 243 Å². The van der Waals surface area contributed by atoms with Gasteiger partial charge >= 0.3 is 5.97 Å². The van der Waals surface area contributed by atoms with E-state index < -0.39 is 54.4 Å². The second kappa shape index (κ2) is 19.7. The number of carbonyl (C=O) groups excluding carboxylic acids is 1. The van der Waals surface area contributed by atoms with Gasteiger partial charge in [-0.2, -0.15) is 0 Å². The molecule has 0 radical (unpaired) electrons. The van der Waals surface area contributed by atoms with Crippen LogP contribution in [0.5, 0.6) is 17.2 Å². The smallest absolute Gasteiger partial charge is 0.335 e. The largest absolute Gasteiger partial charge is 0.508 e. The number of carbonyl (C=O) groups is 2. The Balaban J connectivity index is 1.20. The minimum absolute atomic E-state index is 0.0222. The number of nitrogens with zero attached hydrogens (tertiary/aromatic N) is 1. The average Bonchev–Trinajstić information content (AvgIpc) is 3.79. The number of aromatic hydroxyl groups is 1. The summed E-state index contributed by atoms with van der Waals surface area (Å²) < 4.78 is 24.0.